The molecule has 0 spiro atoms. The molecule has 8 nitrogen and oxygen atoms in total. The van der Waals surface area contributed by atoms with Gasteiger partial charge in [0.05, 0.1) is 13.9 Å². The number of likely N-dealkylation sites (tertiary alicyclic amines) is 1. The molecule has 0 bridgehead atoms. The molecule has 0 unspecified atom stereocenters. The van der Waals surface area contributed by atoms with Gasteiger partial charge in [-0.25, -0.2) is 0 Å². The predicted molar refractivity (Wildman–Crippen MR) is 144 cm³/mol. The molecule has 200 valence electrons. The second-order valence-corrected chi connectivity index (χ2v) is 11.3. The molecule has 0 aliphatic carbocycles. The maximum atomic E-state index is 13.4. The number of H-pyrrole nitrogens is 1. The third-order valence-electron chi connectivity index (χ3n) is 7.53. The molecule has 2 saturated heterocycles. The normalized spacial score (nSPS) is 24.8. The third-order valence-corrected chi connectivity index (χ3v) is 8.57. The number of benzene rings is 1. The van der Waals surface area contributed by atoms with Crippen molar-refractivity contribution in [2.75, 3.05) is 32.5 Å². The molecule has 0 radical (unpaired) electrons. The standard InChI is InChI=1S/C27H34ClN3O5S/c1-15-11-22(37-4)20(26(33)30-15)13-29-25(32)19-12-21(28)24-23(16(19)2)35-27(3,36-24)17-5-8-31(9-6-17)14-18-7-10-34-18/h11-12,17-18H,5-10,13-14H2,1-4H3,(H,29,32)(H,30,33)/t18-,27+/m1/s1/i13D2. The van der Waals surface area contributed by atoms with E-state index < -0.39 is 23.8 Å². The zero-order valence-electron chi connectivity index (χ0n) is 23.5. The van der Waals surface area contributed by atoms with Gasteiger partial charge in [-0.05, 0) is 64.6 Å². The lowest BCUT2D eigenvalue weighted by Crippen LogP contribution is -2.50. The molecular formula is C27H34ClN3O5S. The number of ether oxygens (including phenoxy) is 3. The Morgan fingerprint density at radius 3 is 2.62 bits per heavy atom. The molecule has 1 aromatic carbocycles. The minimum atomic E-state index is -2.43. The van der Waals surface area contributed by atoms with Gasteiger partial charge in [-0.1, -0.05) is 11.6 Å². The van der Waals surface area contributed by atoms with Crippen molar-refractivity contribution in [2.45, 2.75) is 63.3 Å². The van der Waals surface area contributed by atoms with Crippen LogP contribution in [0.2, 0.25) is 5.02 Å². The Bertz CT molecular complexity index is 1340. The molecule has 5 rings (SSSR count). The lowest BCUT2D eigenvalue weighted by molar-refractivity contribution is -0.129. The maximum absolute atomic E-state index is 13.4. The summed E-state index contributed by atoms with van der Waals surface area (Å²) in [5.41, 5.74) is 0.511. The Hall–Kier alpha value is -2.20. The number of carbonyl (C=O) groups excluding carboxylic acids is 1. The largest absolute Gasteiger partial charge is 0.448 e. The summed E-state index contributed by atoms with van der Waals surface area (Å²) in [5, 5.41) is 2.60. The summed E-state index contributed by atoms with van der Waals surface area (Å²) in [6.07, 6.45) is 5.00. The maximum Gasteiger partial charge on any atom is 0.254 e. The summed E-state index contributed by atoms with van der Waals surface area (Å²) < 4.78 is 35.4. The molecule has 3 aliphatic heterocycles. The molecule has 3 aliphatic rings. The summed E-state index contributed by atoms with van der Waals surface area (Å²) in [6, 6.07) is 3.15. The smallest absolute Gasteiger partial charge is 0.254 e. The molecule has 4 heterocycles. The minimum absolute atomic E-state index is 0.128. The fraction of sp³-hybridized carbons (Fsp3) is 0.556. The van der Waals surface area contributed by atoms with Gasteiger partial charge in [0.15, 0.2) is 11.5 Å². The first-order valence-corrected chi connectivity index (χ1v) is 14.2. The molecule has 37 heavy (non-hydrogen) atoms. The van der Waals surface area contributed by atoms with E-state index in [1.165, 1.54) is 17.8 Å². The second kappa shape index (κ2) is 10.5. The number of amides is 1. The molecule has 1 amide bonds. The Morgan fingerprint density at radius 1 is 1.27 bits per heavy atom. The summed E-state index contributed by atoms with van der Waals surface area (Å²) >= 11 is 7.82. The van der Waals surface area contributed by atoms with Crippen molar-refractivity contribution in [1.82, 2.24) is 15.2 Å². The first kappa shape index (κ1) is 23.9. The summed E-state index contributed by atoms with van der Waals surface area (Å²) in [5.74, 6) is -0.733. The van der Waals surface area contributed by atoms with E-state index in [1.807, 2.05) is 6.92 Å². The highest BCUT2D eigenvalue weighted by Crippen LogP contribution is 2.51. The Labute approximate surface area is 229 Å². The topological polar surface area (TPSA) is 92.9 Å². The van der Waals surface area contributed by atoms with E-state index in [4.69, 9.17) is 28.6 Å². The van der Waals surface area contributed by atoms with Crippen molar-refractivity contribution >= 4 is 29.3 Å². The zero-order valence-corrected chi connectivity index (χ0v) is 23.1. The quantitative estimate of drug-likeness (QED) is 0.498. The highest BCUT2D eigenvalue weighted by molar-refractivity contribution is 7.98. The number of nitrogens with one attached hydrogen (secondary N) is 2. The molecule has 2 atom stereocenters. The molecule has 0 saturated carbocycles. The third kappa shape index (κ3) is 5.24. The fourth-order valence-electron chi connectivity index (χ4n) is 5.23. The first-order valence-electron chi connectivity index (χ1n) is 13.6. The van der Waals surface area contributed by atoms with Crippen LogP contribution in [0.15, 0.2) is 21.8 Å². The number of hydrogen-bond acceptors (Lipinski definition) is 7. The van der Waals surface area contributed by atoms with Crippen LogP contribution in [0.3, 0.4) is 0 Å². The Kier molecular flexibility index (Phi) is 6.79. The van der Waals surface area contributed by atoms with E-state index in [9.17, 15) is 9.59 Å². The number of aromatic amines is 1. The number of carbonyl (C=O) groups is 1. The average Bonchev–Trinajstić information content (AvgIpc) is 3.22. The van der Waals surface area contributed by atoms with Gasteiger partial charge in [-0.15, -0.1) is 11.8 Å². The number of fused-ring (bicyclic) bond motifs is 1. The summed E-state index contributed by atoms with van der Waals surface area (Å²) in [7, 11) is 0. The molecule has 2 fully saturated rings. The van der Waals surface area contributed by atoms with Gasteiger partial charge in [0.25, 0.3) is 17.3 Å². The van der Waals surface area contributed by atoms with Gasteiger partial charge < -0.3 is 29.4 Å². The van der Waals surface area contributed by atoms with Crippen LogP contribution in [0.1, 0.15) is 56.1 Å². The lowest BCUT2D eigenvalue weighted by Gasteiger charge is -2.40. The van der Waals surface area contributed by atoms with Crippen molar-refractivity contribution in [3.05, 3.63) is 49.9 Å². The predicted octanol–water partition coefficient (Wildman–Crippen LogP) is 4.29. The average molecular weight is 550 g/mol. The minimum Gasteiger partial charge on any atom is -0.448 e. The molecular weight excluding hydrogens is 514 g/mol. The number of aryl methyl sites for hydroxylation is 1. The van der Waals surface area contributed by atoms with Crippen LogP contribution in [0, 0.1) is 19.8 Å². The highest BCUT2D eigenvalue weighted by Gasteiger charge is 2.47. The van der Waals surface area contributed by atoms with Crippen LogP contribution >= 0.6 is 23.4 Å². The second-order valence-electron chi connectivity index (χ2n) is 10.1. The van der Waals surface area contributed by atoms with E-state index in [-0.39, 0.29) is 22.1 Å². The number of hydrogen-bond donors (Lipinski definition) is 2. The van der Waals surface area contributed by atoms with Crippen LogP contribution in [0.4, 0.5) is 0 Å². The highest BCUT2D eigenvalue weighted by atomic mass is 35.5. The van der Waals surface area contributed by atoms with Crippen molar-refractivity contribution in [3.63, 3.8) is 0 Å². The van der Waals surface area contributed by atoms with Crippen LogP contribution < -0.4 is 20.3 Å². The van der Waals surface area contributed by atoms with Crippen LogP contribution in [0.25, 0.3) is 0 Å². The summed E-state index contributed by atoms with van der Waals surface area (Å²) in [4.78, 5) is 31.5. The van der Waals surface area contributed by atoms with E-state index in [1.54, 1.807) is 26.2 Å². The van der Waals surface area contributed by atoms with Crippen molar-refractivity contribution in [1.29, 1.82) is 0 Å². The van der Waals surface area contributed by atoms with Crippen molar-refractivity contribution in [3.8, 4) is 11.5 Å². The van der Waals surface area contributed by atoms with E-state index in [0.717, 1.165) is 45.5 Å². The van der Waals surface area contributed by atoms with Crippen molar-refractivity contribution < 1.29 is 21.7 Å². The van der Waals surface area contributed by atoms with E-state index >= 15 is 0 Å². The van der Waals surface area contributed by atoms with Gasteiger partial charge in [-0.3, -0.25) is 9.59 Å². The number of piperidine rings is 1. The Morgan fingerprint density at radius 2 is 1.97 bits per heavy atom. The number of halogens is 1. The SMILES string of the molecule is [2H]C([2H])(NC(=O)c1cc(Cl)c2c(c1C)O[C@](C)(C1CCN(C[C@H]3CCO3)CC1)O2)c1c(SC)cc(C)[nH]c1=O. The summed E-state index contributed by atoms with van der Waals surface area (Å²) in [6.45, 7) is 6.58. The number of aromatic nitrogens is 1. The first-order chi connectivity index (χ1) is 18.4. The van der Waals surface area contributed by atoms with Gasteiger partial charge in [0.2, 0.25) is 0 Å². The lowest BCUT2D eigenvalue weighted by atomic mass is 9.89. The van der Waals surface area contributed by atoms with Crippen LogP contribution in [-0.2, 0) is 11.2 Å². The van der Waals surface area contributed by atoms with E-state index in [0.29, 0.717) is 33.8 Å². The van der Waals surface area contributed by atoms with E-state index in [2.05, 4.69) is 15.2 Å². The molecule has 10 heteroatoms. The fourth-order valence-corrected chi connectivity index (χ4v) is 6.10. The van der Waals surface area contributed by atoms with Crippen LogP contribution in [0.5, 0.6) is 11.5 Å². The number of thioether (sulfide) groups is 1. The number of pyridine rings is 1. The van der Waals surface area contributed by atoms with Gasteiger partial charge >= 0.3 is 0 Å². The molecule has 2 aromatic rings. The molecule has 1 aromatic heterocycles. The van der Waals surface area contributed by atoms with Crippen molar-refractivity contribution in [2.24, 2.45) is 5.92 Å². The molecule has 2 N–H and O–H groups in total. The van der Waals surface area contributed by atoms with Gasteiger partial charge in [0, 0.05) is 59.8 Å². The number of rotatable bonds is 7. The Balaban J connectivity index is 1.34. The number of nitrogens with zero attached hydrogens (tertiary/aromatic N) is 1. The van der Waals surface area contributed by atoms with Crippen LogP contribution in [-0.4, -0.2) is 60.2 Å². The zero-order chi connectivity index (χ0) is 28.1. The monoisotopic (exact) mass is 549 g/mol. The van der Waals surface area contributed by atoms with Gasteiger partial charge in [-0.2, -0.15) is 0 Å². The van der Waals surface area contributed by atoms with Gasteiger partial charge in [0.1, 0.15) is 0 Å².